The first-order valence-corrected chi connectivity index (χ1v) is 7.12. The van der Waals surface area contributed by atoms with Crippen LogP contribution in [0.15, 0.2) is 42.9 Å². The van der Waals surface area contributed by atoms with E-state index in [9.17, 15) is 9.59 Å². The molecule has 2 aromatic rings. The molecule has 1 aromatic heterocycles. The molecule has 0 saturated carbocycles. The number of amides is 2. The normalized spacial score (nSPS) is 10.1. The number of nitrogens with zero attached hydrogens (tertiary/aromatic N) is 3. The van der Waals surface area contributed by atoms with Gasteiger partial charge in [-0.1, -0.05) is 0 Å². The summed E-state index contributed by atoms with van der Waals surface area (Å²) in [6, 6.07) is 6.80. The highest BCUT2D eigenvalue weighted by Crippen LogP contribution is 2.12. The Bertz CT molecular complexity index is 637. The van der Waals surface area contributed by atoms with Crippen molar-refractivity contribution >= 4 is 17.5 Å². The molecule has 1 N–H and O–H groups in total. The van der Waals surface area contributed by atoms with E-state index in [1.54, 1.807) is 29.2 Å². The van der Waals surface area contributed by atoms with Crippen LogP contribution in [0.2, 0.25) is 0 Å². The minimum Gasteiger partial charge on any atom is -0.339 e. The van der Waals surface area contributed by atoms with Crippen LogP contribution >= 0.6 is 0 Å². The third-order valence-electron chi connectivity index (χ3n) is 3.24. The molecule has 1 heterocycles. The summed E-state index contributed by atoms with van der Waals surface area (Å²) in [5.74, 6) is -0.354. The van der Waals surface area contributed by atoms with Crippen LogP contribution in [0.3, 0.4) is 0 Å². The maximum atomic E-state index is 12.2. The smallest absolute Gasteiger partial charge is 0.275 e. The second-order valence-electron chi connectivity index (χ2n) is 4.60. The zero-order valence-electron chi connectivity index (χ0n) is 12.6. The topological polar surface area (TPSA) is 75.2 Å². The number of hydrogen-bond acceptors (Lipinski definition) is 4. The number of carbonyl (C=O) groups is 2. The van der Waals surface area contributed by atoms with Gasteiger partial charge in [-0.05, 0) is 38.1 Å². The third kappa shape index (κ3) is 3.66. The van der Waals surface area contributed by atoms with Gasteiger partial charge in [-0.25, -0.2) is 4.98 Å². The van der Waals surface area contributed by atoms with Crippen molar-refractivity contribution in [2.75, 3.05) is 18.4 Å². The van der Waals surface area contributed by atoms with Crippen LogP contribution in [-0.4, -0.2) is 39.8 Å². The molecule has 0 unspecified atom stereocenters. The Balaban J connectivity index is 2.06. The number of anilines is 1. The number of benzene rings is 1. The molecule has 0 aliphatic heterocycles. The van der Waals surface area contributed by atoms with Crippen LogP contribution in [0.4, 0.5) is 5.69 Å². The fourth-order valence-electron chi connectivity index (χ4n) is 2.00. The number of aromatic nitrogens is 2. The van der Waals surface area contributed by atoms with Crippen molar-refractivity contribution in [2.24, 2.45) is 0 Å². The van der Waals surface area contributed by atoms with E-state index in [-0.39, 0.29) is 17.5 Å². The molecular weight excluding hydrogens is 280 g/mol. The zero-order chi connectivity index (χ0) is 15.9. The Labute approximate surface area is 129 Å². The van der Waals surface area contributed by atoms with Crippen molar-refractivity contribution in [3.63, 3.8) is 0 Å². The summed E-state index contributed by atoms with van der Waals surface area (Å²) in [5, 5.41) is 2.72. The van der Waals surface area contributed by atoms with Gasteiger partial charge in [0.15, 0.2) is 0 Å². The van der Waals surface area contributed by atoms with Crippen LogP contribution in [0, 0.1) is 0 Å². The number of rotatable bonds is 5. The van der Waals surface area contributed by atoms with Crippen LogP contribution in [-0.2, 0) is 0 Å². The van der Waals surface area contributed by atoms with E-state index in [0.717, 1.165) is 0 Å². The molecular formula is C16H18N4O2. The minimum absolute atomic E-state index is 0.0168. The first-order valence-electron chi connectivity index (χ1n) is 7.12. The summed E-state index contributed by atoms with van der Waals surface area (Å²) in [4.78, 5) is 33.7. The molecule has 0 aliphatic carbocycles. The van der Waals surface area contributed by atoms with Crippen LogP contribution in [0.5, 0.6) is 0 Å². The highest BCUT2D eigenvalue weighted by molar-refractivity contribution is 6.03. The Hall–Kier alpha value is -2.76. The van der Waals surface area contributed by atoms with E-state index in [1.165, 1.54) is 18.6 Å². The molecule has 6 heteroatoms. The SMILES string of the molecule is CCN(CC)C(=O)c1ccc(NC(=O)c2cnccn2)cc1. The van der Waals surface area contributed by atoms with Crippen LogP contribution < -0.4 is 5.32 Å². The molecule has 2 rings (SSSR count). The van der Waals surface area contributed by atoms with E-state index in [4.69, 9.17) is 0 Å². The second-order valence-corrected chi connectivity index (χ2v) is 4.60. The monoisotopic (exact) mass is 298 g/mol. The quantitative estimate of drug-likeness (QED) is 0.918. The van der Waals surface area contributed by atoms with Gasteiger partial charge in [0.1, 0.15) is 5.69 Å². The van der Waals surface area contributed by atoms with Crippen molar-refractivity contribution in [2.45, 2.75) is 13.8 Å². The Kier molecular flexibility index (Phi) is 5.19. The lowest BCUT2D eigenvalue weighted by Gasteiger charge is -2.18. The molecule has 0 radical (unpaired) electrons. The van der Waals surface area contributed by atoms with Crippen LogP contribution in [0.25, 0.3) is 0 Å². The molecule has 6 nitrogen and oxygen atoms in total. The summed E-state index contributed by atoms with van der Waals surface area (Å²) >= 11 is 0. The standard InChI is InChI=1S/C16H18N4O2/c1-3-20(4-2)16(22)12-5-7-13(8-6-12)19-15(21)14-11-17-9-10-18-14/h5-11H,3-4H2,1-2H3,(H,19,21). The Morgan fingerprint density at radius 3 is 2.32 bits per heavy atom. The van der Waals surface area contributed by atoms with Gasteiger partial charge < -0.3 is 10.2 Å². The molecule has 0 aliphatic rings. The molecule has 0 bridgehead atoms. The minimum atomic E-state index is -0.337. The third-order valence-corrected chi connectivity index (χ3v) is 3.24. The lowest BCUT2D eigenvalue weighted by atomic mass is 10.1. The molecule has 2 amide bonds. The molecule has 22 heavy (non-hydrogen) atoms. The van der Waals surface area contributed by atoms with Gasteiger partial charge in [0, 0.05) is 36.7 Å². The summed E-state index contributed by atoms with van der Waals surface area (Å²) in [7, 11) is 0. The molecule has 0 fully saturated rings. The molecule has 1 aromatic carbocycles. The number of carbonyl (C=O) groups excluding carboxylic acids is 2. The lowest BCUT2D eigenvalue weighted by Crippen LogP contribution is -2.30. The average Bonchev–Trinajstić information content (AvgIpc) is 2.57. The number of nitrogens with one attached hydrogen (secondary N) is 1. The van der Waals surface area contributed by atoms with Crippen molar-refractivity contribution in [1.29, 1.82) is 0 Å². The van der Waals surface area contributed by atoms with Crippen molar-refractivity contribution < 1.29 is 9.59 Å². The summed E-state index contributed by atoms with van der Waals surface area (Å²) in [6.45, 7) is 5.22. The van der Waals surface area contributed by atoms with Gasteiger partial charge in [-0.15, -0.1) is 0 Å². The van der Waals surface area contributed by atoms with E-state index < -0.39 is 0 Å². The highest BCUT2D eigenvalue weighted by atomic mass is 16.2. The molecule has 0 spiro atoms. The van der Waals surface area contributed by atoms with E-state index >= 15 is 0 Å². The second kappa shape index (κ2) is 7.31. The van der Waals surface area contributed by atoms with Gasteiger partial charge in [0.05, 0.1) is 6.20 Å². The summed E-state index contributed by atoms with van der Waals surface area (Å²) in [5.41, 5.74) is 1.44. The van der Waals surface area contributed by atoms with E-state index in [2.05, 4.69) is 15.3 Å². The van der Waals surface area contributed by atoms with E-state index in [1.807, 2.05) is 13.8 Å². The maximum Gasteiger partial charge on any atom is 0.275 e. The fourth-order valence-corrected chi connectivity index (χ4v) is 2.00. The van der Waals surface area contributed by atoms with Crippen molar-refractivity contribution in [1.82, 2.24) is 14.9 Å². The van der Waals surface area contributed by atoms with E-state index in [0.29, 0.717) is 24.3 Å². The first-order chi connectivity index (χ1) is 10.7. The Morgan fingerprint density at radius 1 is 1.09 bits per heavy atom. The average molecular weight is 298 g/mol. The van der Waals surface area contributed by atoms with Crippen molar-refractivity contribution in [3.8, 4) is 0 Å². The van der Waals surface area contributed by atoms with Crippen molar-refractivity contribution in [3.05, 3.63) is 54.1 Å². The van der Waals surface area contributed by atoms with Crippen LogP contribution in [0.1, 0.15) is 34.7 Å². The Morgan fingerprint density at radius 2 is 1.77 bits per heavy atom. The number of hydrogen-bond donors (Lipinski definition) is 1. The largest absolute Gasteiger partial charge is 0.339 e. The zero-order valence-corrected chi connectivity index (χ0v) is 12.6. The molecule has 0 saturated heterocycles. The molecule has 0 atom stereocenters. The first kappa shape index (κ1) is 15.6. The van der Waals surface area contributed by atoms with Gasteiger partial charge in [-0.3, -0.25) is 14.6 Å². The highest BCUT2D eigenvalue weighted by Gasteiger charge is 2.12. The maximum absolute atomic E-state index is 12.2. The summed E-state index contributed by atoms with van der Waals surface area (Å²) in [6.07, 6.45) is 4.36. The van der Waals surface area contributed by atoms with Gasteiger partial charge >= 0.3 is 0 Å². The molecule has 114 valence electrons. The predicted molar refractivity (Wildman–Crippen MR) is 83.7 cm³/mol. The summed E-state index contributed by atoms with van der Waals surface area (Å²) < 4.78 is 0. The fraction of sp³-hybridized carbons (Fsp3) is 0.250. The predicted octanol–water partition coefficient (Wildman–Crippen LogP) is 2.21. The lowest BCUT2D eigenvalue weighted by molar-refractivity contribution is 0.0773. The van der Waals surface area contributed by atoms with Gasteiger partial charge in [0.25, 0.3) is 11.8 Å². The van der Waals surface area contributed by atoms with Gasteiger partial charge in [0.2, 0.25) is 0 Å². The van der Waals surface area contributed by atoms with Gasteiger partial charge in [-0.2, -0.15) is 0 Å².